The molecule has 1 aromatic heterocycles. The van der Waals surface area contributed by atoms with Crippen molar-refractivity contribution in [2.45, 2.75) is 40.8 Å². The van der Waals surface area contributed by atoms with Crippen LogP contribution in [0.2, 0.25) is 0 Å². The average Bonchev–Trinajstić information content (AvgIpc) is 2.62. The predicted octanol–water partition coefficient (Wildman–Crippen LogP) is 3.20. The minimum Gasteiger partial charge on any atom is -0.444 e. The van der Waals surface area contributed by atoms with E-state index >= 15 is 0 Å². The van der Waals surface area contributed by atoms with E-state index < -0.39 is 0 Å². The van der Waals surface area contributed by atoms with Crippen molar-refractivity contribution in [3.05, 3.63) is 52.2 Å². The summed E-state index contributed by atoms with van der Waals surface area (Å²) in [6.45, 7) is 9.71. The highest BCUT2D eigenvalue weighted by Gasteiger charge is 2.06. The highest BCUT2D eigenvalue weighted by atomic mass is 16.4. The maximum absolute atomic E-state index is 5.54. The van der Waals surface area contributed by atoms with E-state index in [4.69, 9.17) is 4.42 Å². The molecule has 0 aliphatic heterocycles. The zero-order chi connectivity index (χ0) is 13.1. The molecule has 0 atom stereocenters. The minimum atomic E-state index is 0.669. The normalized spacial score (nSPS) is 10.9. The second-order valence-electron chi connectivity index (χ2n) is 4.72. The van der Waals surface area contributed by atoms with Crippen molar-refractivity contribution in [1.82, 2.24) is 10.3 Å². The molecule has 3 nitrogen and oxygen atoms in total. The molecular weight excluding hydrogens is 224 g/mol. The summed E-state index contributed by atoms with van der Waals surface area (Å²) in [6.07, 6.45) is 0. The number of aryl methyl sites for hydroxylation is 4. The van der Waals surface area contributed by atoms with E-state index in [1.807, 2.05) is 13.8 Å². The van der Waals surface area contributed by atoms with Crippen LogP contribution in [0.5, 0.6) is 0 Å². The second-order valence-corrected chi connectivity index (χ2v) is 4.72. The summed E-state index contributed by atoms with van der Waals surface area (Å²) in [5.74, 6) is 1.66. The highest BCUT2D eigenvalue weighted by Crippen LogP contribution is 2.13. The number of benzene rings is 1. The zero-order valence-corrected chi connectivity index (χ0v) is 11.5. The molecule has 2 rings (SSSR count). The van der Waals surface area contributed by atoms with Crippen LogP contribution in [0.3, 0.4) is 0 Å². The Balaban J connectivity index is 1.96. The summed E-state index contributed by atoms with van der Waals surface area (Å²) in [7, 11) is 0. The number of rotatable bonds is 4. The molecule has 1 N–H and O–H groups in total. The van der Waals surface area contributed by atoms with Crippen molar-refractivity contribution in [1.29, 1.82) is 0 Å². The second kappa shape index (κ2) is 5.36. The molecule has 1 heterocycles. The molecule has 2 aromatic rings. The van der Waals surface area contributed by atoms with Gasteiger partial charge in [0.1, 0.15) is 5.76 Å². The van der Waals surface area contributed by atoms with Gasteiger partial charge in [0, 0.05) is 6.54 Å². The molecule has 0 aliphatic rings. The van der Waals surface area contributed by atoms with Gasteiger partial charge in [0.05, 0.1) is 12.2 Å². The van der Waals surface area contributed by atoms with E-state index in [1.165, 1.54) is 16.7 Å². The molecule has 0 saturated carbocycles. The zero-order valence-electron chi connectivity index (χ0n) is 11.5. The Morgan fingerprint density at radius 2 is 1.72 bits per heavy atom. The number of hydrogen-bond donors (Lipinski definition) is 1. The lowest BCUT2D eigenvalue weighted by Gasteiger charge is -2.09. The third-order valence-corrected chi connectivity index (χ3v) is 3.30. The lowest BCUT2D eigenvalue weighted by Crippen LogP contribution is -2.14. The van der Waals surface area contributed by atoms with Crippen molar-refractivity contribution in [2.75, 3.05) is 0 Å². The van der Waals surface area contributed by atoms with Crippen LogP contribution in [0.25, 0.3) is 0 Å². The summed E-state index contributed by atoms with van der Waals surface area (Å²) in [5, 5.41) is 3.38. The smallest absolute Gasteiger partial charge is 0.208 e. The molecule has 0 aliphatic carbocycles. The lowest BCUT2D eigenvalue weighted by atomic mass is 10.0. The van der Waals surface area contributed by atoms with Gasteiger partial charge in [0.25, 0.3) is 0 Å². The first-order valence-electron chi connectivity index (χ1n) is 6.26. The summed E-state index contributed by atoms with van der Waals surface area (Å²) in [5.41, 5.74) is 4.97. The first-order valence-corrected chi connectivity index (χ1v) is 6.26. The Bertz CT molecular complexity index is 504. The van der Waals surface area contributed by atoms with Crippen LogP contribution < -0.4 is 5.32 Å². The number of nitrogens with one attached hydrogen (secondary N) is 1. The fourth-order valence-electron chi connectivity index (χ4n) is 2.04. The molecule has 0 unspecified atom stereocenters. The molecule has 0 saturated heterocycles. The molecule has 0 fully saturated rings. The molecule has 0 bridgehead atoms. The van der Waals surface area contributed by atoms with Crippen LogP contribution in [-0.4, -0.2) is 4.98 Å². The van der Waals surface area contributed by atoms with Crippen LogP contribution in [0.1, 0.15) is 34.0 Å². The molecule has 0 radical (unpaired) electrons. The van der Waals surface area contributed by atoms with Crippen LogP contribution >= 0.6 is 0 Å². The molecule has 96 valence electrons. The van der Waals surface area contributed by atoms with Crippen molar-refractivity contribution >= 4 is 0 Å². The largest absolute Gasteiger partial charge is 0.444 e. The Morgan fingerprint density at radius 3 is 2.28 bits per heavy atom. The quantitative estimate of drug-likeness (QED) is 0.897. The van der Waals surface area contributed by atoms with Gasteiger partial charge in [-0.2, -0.15) is 0 Å². The van der Waals surface area contributed by atoms with Gasteiger partial charge in [0.2, 0.25) is 5.89 Å². The average molecular weight is 244 g/mol. The topological polar surface area (TPSA) is 38.1 Å². The molecule has 1 aromatic carbocycles. The van der Waals surface area contributed by atoms with Crippen LogP contribution in [0.4, 0.5) is 0 Å². The fraction of sp³-hybridized carbons (Fsp3) is 0.400. The van der Waals surface area contributed by atoms with E-state index in [-0.39, 0.29) is 0 Å². The van der Waals surface area contributed by atoms with E-state index in [9.17, 15) is 0 Å². The van der Waals surface area contributed by atoms with Crippen LogP contribution in [-0.2, 0) is 13.1 Å². The van der Waals surface area contributed by atoms with Crippen molar-refractivity contribution in [3.63, 3.8) is 0 Å². The lowest BCUT2D eigenvalue weighted by molar-refractivity contribution is 0.448. The monoisotopic (exact) mass is 244 g/mol. The summed E-state index contributed by atoms with van der Waals surface area (Å²) >= 11 is 0. The molecule has 3 heteroatoms. The van der Waals surface area contributed by atoms with Gasteiger partial charge >= 0.3 is 0 Å². The Kier molecular flexibility index (Phi) is 3.82. The maximum atomic E-state index is 5.54. The van der Waals surface area contributed by atoms with Crippen molar-refractivity contribution in [3.8, 4) is 0 Å². The van der Waals surface area contributed by atoms with E-state index in [0.717, 1.165) is 23.9 Å². The van der Waals surface area contributed by atoms with Crippen molar-refractivity contribution < 1.29 is 4.42 Å². The third kappa shape index (κ3) is 2.79. The minimum absolute atomic E-state index is 0.669. The molecular formula is C15H20N2O. The number of nitrogens with zero attached hydrogens (tertiary/aromatic N) is 1. The van der Waals surface area contributed by atoms with Gasteiger partial charge in [0.15, 0.2) is 0 Å². The molecule has 0 spiro atoms. The predicted molar refractivity (Wildman–Crippen MR) is 72.4 cm³/mol. The summed E-state index contributed by atoms with van der Waals surface area (Å²) in [6, 6.07) is 6.38. The molecule has 18 heavy (non-hydrogen) atoms. The van der Waals surface area contributed by atoms with Gasteiger partial charge in [-0.25, -0.2) is 4.98 Å². The SMILES string of the molecule is Cc1cccc(C)c1CNCc1nc(C)c(C)o1. The van der Waals surface area contributed by atoms with E-state index in [1.54, 1.807) is 0 Å². The summed E-state index contributed by atoms with van der Waals surface area (Å²) < 4.78 is 5.54. The summed E-state index contributed by atoms with van der Waals surface area (Å²) in [4.78, 5) is 4.36. The number of hydrogen-bond acceptors (Lipinski definition) is 3. The van der Waals surface area contributed by atoms with Gasteiger partial charge in [-0.05, 0) is 44.4 Å². The maximum Gasteiger partial charge on any atom is 0.208 e. The number of aromatic nitrogens is 1. The first kappa shape index (κ1) is 12.8. The third-order valence-electron chi connectivity index (χ3n) is 3.30. The highest BCUT2D eigenvalue weighted by molar-refractivity contribution is 5.33. The van der Waals surface area contributed by atoms with Gasteiger partial charge < -0.3 is 9.73 Å². The fourth-order valence-corrected chi connectivity index (χ4v) is 2.04. The van der Waals surface area contributed by atoms with Crippen LogP contribution in [0, 0.1) is 27.7 Å². The van der Waals surface area contributed by atoms with E-state index in [0.29, 0.717) is 6.54 Å². The molecule has 0 amide bonds. The standard InChI is InChI=1S/C15H20N2O/c1-10-6-5-7-11(2)14(10)8-16-9-15-17-12(3)13(4)18-15/h5-7,16H,8-9H2,1-4H3. The van der Waals surface area contributed by atoms with Crippen molar-refractivity contribution in [2.24, 2.45) is 0 Å². The Labute approximate surface area is 108 Å². The van der Waals surface area contributed by atoms with Gasteiger partial charge in [-0.15, -0.1) is 0 Å². The van der Waals surface area contributed by atoms with Gasteiger partial charge in [-0.1, -0.05) is 18.2 Å². The Hall–Kier alpha value is -1.61. The van der Waals surface area contributed by atoms with Gasteiger partial charge in [-0.3, -0.25) is 0 Å². The number of oxazole rings is 1. The van der Waals surface area contributed by atoms with Crippen LogP contribution in [0.15, 0.2) is 22.6 Å². The van der Waals surface area contributed by atoms with E-state index in [2.05, 4.69) is 42.3 Å². The first-order chi connectivity index (χ1) is 8.58. The Morgan fingerprint density at radius 1 is 1.06 bits per heavy atom.